The fraction of sp³-hybridized carbons (Fsp3) is 0.600. The number of nitrogens with one attached hydrogen (secondary N) is 3. The van der Waals surface area contributed by atoms with Crippen molar-refractivity contribution in [3.63, 3.8) is 0 Å². The number of halogens is 1. The van der Waals surface area contributed by atoms with E-state index in [2.05, 4.69) is 25.8 Å². The van der Waals surface area contributed by atoms with Gasteiger partial charge in [0.15, 0.2) is 5.96 Å². The molecule has 1 saturated heterocycles. The predicted octanol–water partition coefficient (Wildman–Crippen LogP) is 1.98. The van der Waals surface area contributed by atoms with Crippen LogP contribution in [0.5, 0.6) is 11.5 Å². The molecule has 1 amide bonds. The van der Waals surface area contributed by atoms with Crippen molar-refractivity contribution in [3.05, 3.63) is 18.2 Å². The van der Waals surface area contributed by atoms with E-state index < -0.39 is 0 Å². The Kier molecular flexibility index (Phi) is 11.6. The fourth-order valence-corrected chi connectivity index (χ4v) is 3.07. The molecular weight excluding hydrogens is 485 g/mol. The summed E-state index contributed by atoms with van der Waals surface area (Å²) < 4.78 is 10.7. The van der Waals surface area contributed by atoms with Crippen molar-refractivity contribution in [2.45, 2.75) is 32.7 Å². The van der Waals surface area contributed by atoms with Crippen LogP contribution >= 0.6 is 24.0 Å². The van der Waals surface area contributed by atoms with E-state index in [1.165, 1.54) is 0 Å². The first-order chi connectivity index (χ1) is 13.6. The molecule has 1 heterocycles. The second kappa shape index (κ2) is 13.3. The van der Waals surface area contributed by atoms with Crippen LogP contribution in [0.25, 0.3) is 0 Å². The first-order valence-electron chi connectivity index (χ1n) is 9.89. The Labute approximate surface area is 190 Å². The predicted molar refractivity (Wildman–Crippen MR) is 128 cm³/mol. The topological polar surface area (TPSA) is 87.2 Å². The summed E-state index contributed by atoms with van der Waals surface area (Å²) >= 11 is 0. The zero-order chi connectivity index (χ0) is 20.4. The van der Waals surface area contributed by atoms with Crippen molar-refractivity contribution < 1.29 is 14.3 Å². The zero-order valence-corrected chi connectivity index (χ0v) is 20.1. The van der Waals surface area contributed by atoms with Crippen LogP contribution < -0.4 is 30.3 Å². The molecule has 0 saturated carbocycles. The molecule has 164 valence electrons. The van der Waals surface area contributed by atoms with Gasteiger partial charge in [-0.3, -0.25) is 4.79 Å². The molecule has 0 aliphatic carbocycles. The molecule has 0 aromatic heterocycles. The monoisotopic (exact) mass is 519 g/mol. The normalized spacial score (nSPS) is 16.1. The number of benzene rings is 1. The molecule has 2 rings (SSSR count). The first kappa shape index (κ1) is 25.1. The molecule has 0 radical (unpaired) electrons. The third kappa shape index (κ3) is 8.15. The number of aliphatic imine (C=N–C) groups is 1. The Morgan fingerprint density at radius 3 is 2.45 bits per heavy atom. The van der Waals surface area contributed by atoms with Crippen LogP contribution in [-0.2, 0) is 4.79 Å². The average Bonchev–Trinajstić information content (AvgIpc) is 3.18. The highest BCUT2D eigenvalue weighted by Gasteiger charge is 2.24. The molecule has 1 unspecified atom stereocenters. The smallest absolute Gasteiger partial charge is 0.241 e. The SMILES string of the molecule is CCCNC(=O)CN=C(NCC)NC1CCN(c2cc(OC)cc(OC)c2)C1.I. The molecule has 1 aromatic rings. The summed E-state index contributed by atoms with van der Waals surface area (Å²) in [6, 6.07) is 6.15. The molecule has 0 bridgehead atoms. The summed E-state index contributed by atoms with van der Waals surface area (Å²) in [6.07, 6.45) is 1.90. The van der Waals surface area contributed by atoms with Gasteiger partial charge in [-0.1, -0.05) is 6.92 Å². The number of carbonyl (C=O) groups excluding carboxylic acids is 1. The Hall–Kier alpha value is -1.91. The van der Waals surface area contributed by atoms with E-state index in [1.54, 1.807) is 14.2 Å². The lowest BCUT2D eigenvalue weighted by Gasteiger charge is -2.21. The molecule has 3 N–H and O–H groups in total. The quantitative estimate of drug-likeness (QED) is 0.263. The van der Waals surface area contributed by atoms with Gasteiger partial charge in [0, 0.05) is 56.1 Å². The van der Waals surface area contributed by atoms with Crippen LogP contribution in [0.1, 0.15) is 26.7 Å². The number of carbonyl (C=O) groups is 1. The lowest BCUT2D eigenvalue weighted by molar-refractivity contribution is -0.119. The van der Waals surface area contributed by atoms with Crippen LogP contribution in [-0.4, -0.2) is 64.9 Å². The van der Waals surface area contributed by atoms with Crippen LogP contribution in [0.15, 0.2) is 23.2 Å². The van der Waals surface area contributed by atoms with Crippen LogP contribution in [0.3, 0.4) is 0 Å². The number of ether oxygens (including phenoxy) is 2. The van der Waals surface area contributed by atoms with E-state index in [-0.39, 0.29) is 42.5 Å². The molecule has 8 nitrogen and oxygen atoms in total. The van der Waals surface area contributed by atoms with Gasteiger partial charge < -0.3 is 30.3 Å². The second-order valence-electron chi connectivity index (χ2n) is 6.69. The third-order valence-corrected chi connectivity index (χ3v) is 4.53. The van der Waals surface area contributed by atoms with E-state index in [9.17, 15) is 4.79 Å². The highest BCUT2D eigenvalue weighted by molar-refractivity contribution is 14.0. The van der Waals surface area contributed by atoms with E-state index >= 15 is 0 Å². The molecule has 0 spiro atoms. The van der Waals surface area contributed by atoms with Crippen molar-refractivity contribution in [2.24, 2.45) is 4.99 Å². The maximum absolute atomic E-state index is 11.8. The van der Waals surface area contributed by atoms with Crippen molar-refractivity contribution in [2.75, 3.05) is 51.8 Å². The van der Waals surface area contributed by atoms with Gasteiger partial charge in [-0.15, -0.1) is 24.0 Å². The number of rotatable bonds is 9. The van der Waals surface area contributed by atoms with Crippen LogP contribution in [0.4, 0.5) is 5.69 Å². The number of amides is 1. The number of guanidine groups is 1. The number of hydrogen-bond donors (Lipinski definition) is 3. The minimum absolute atomic E-state index is 0. The molecule has 1 aliphatic heterocycles. The van der Waals surface area contributed by atoms with Gasteiger partial charge in [0.2, 0.25) is 5.91 Å². The summed E-state index contributed by atoms with van der Waals surface area (Å²) in [5, 5.41) is 9.49. The number of methoxy groups -OCH3 is 2. The molecule has 9 heteroatoms. The van der Waals surface area contributed by atoms with Gasteiger partial charge in [-0.2, -0.15) is 0 Å². The Morgan fingerprint density at radius 2 is 1.86 bits per heavy atom. The van der Waals surface area contributed by atoms with Gasteiger partial charge in [0.25, 0.3) is 0 Å². The molecular formula is C20H34IN5O3. The lowest BCUT2D eigenvalue weighted by atomic mass is 10.2. The first-order valence-corrected chi connectivity index (χ1v) is 9.89. The fourth-order valence-electron chi connectivity index (χ4n) is 3.07. The van der Waals surface area contributed by atoms with Gasteiger partial charge in [0.1, 0.15) is 18.0 Å². The van der Waals surface area contributed by atoms with Crippen molar-refractivity contribution in [1.82, 2.24) is 16.0 Å². The van der Waals surface area contributed by atoms with Gasteiger partial charge >= 0.3 is 0 Å². The van der Waals surface area contributed by atoms with Gasteiger partial charge in [-0.05, 0) is 19.8 Å². The molecule has 1 aliphatic rings. The average molecular weight is 519 g/mol. The van der Waals surface area contributed by atoms with E-state index in [1.807, 2.05) is 32.0 Å². The summed E-state index contributed by atoms with van der Waals surface area (Å²) in [7, 11) is 3.31. The number of hydrogen-bond acceptors (Lipinski definition) is 5. The van der Waals surface area contributed by atoms with Gasteiger partial charge in [-0.25, -0.2) is 4.99 Å². The molecule has 1 aromatic carbocycles. The Morgan fingerprint density at radius 1 is 1.17 bits per heavy atom. The van der Waals surface area contributed by atoms with Crippen LogP contribution in [0, 0.1) is 0 Å². The van der Waals surface area contributed by atoms with Crippen molar-refractivity contribution in [3.8, 4) is 11.5 Å². The summed E-state index contributed by atoms with van der Waals surface area (Å²) in [6.45, 7) is 7.34. The highest BCUT2D eigenvalue weighted by atomic mass is 127. The third-order valence-electron chi connectivity index (χ3n) is 4.53. The Bertz CT molecular complexity index is 649. The van der Waals surface area contributed by atoms with E-state index in [0.717, 1.165) is 49.7 Å². The van der Waals surface area contributed by atoms with Gasteiger partial charge in [0.05, 0.1) is 14.2 Å². The summed E-state index contributed by atoms with van der Waals surface area (Å²) in [5.41, 5.74) is 1.07. The maximum atomic E-state index is 11.8. The number of nitrogens with zero attached hydrogens (tertiary/aromatic N) is 2. The standard InChI is InChI=1S/C20H33N5O3.HI/c1-5-8-22-19(26)13-23-20(21-6-2)24-15-7-9-25(14-15)16-10-17(27-3)12-18(11-16)28-4;/h10-12,15H,5-9,13-14H2,1-4H3,(H,22,26)(H2,21,23,24);1H. The molecule has 29 heavy (non-hydrogen) atoms. The summed E-state index contributed by atoms with van der Waals surface area (Å²) in [4.78, 5) is 18.5. The van der Waals surface area contributed by atoms with Crippen molar-refractivity contribution in [1.29, 1.82) is 0 Å². The largest absolute Gasteiger partial charge is 0.497 e. The summed E-state index contributed by atoms with van der Waals surface area (Å²) in [5.74, 6) is 2.16. The highest BCUT2D eigenvalue weighted by Crippen LogP contribution is 2.30. The van der Waals surface area contributed by atoms with E-state index in [4.69, 9.17) is 9.47 Å². The molecule has 1 fully saturated rings. The minimum Gasteiger partial charge on any atom is -0.497 e. The van der Waals surface area contributed by atoms with E-state index in [0.29, 0.717) is 12.5 Å². The van der Waals surface area contributed by atoms with Crippen LogP contribution in [0.2, 0.25) is 0 Å². The lowest BCUT2D eigenvalue weighted by Crippen LogP contribution is -2.45. The Balaban J connectivity index is 0.00000420. The minimum atomic E-state index is -0.0597. The molecule has 1 atom stereocenters. The maximum Gasteiger partial charge on any atom is 0.241 e. The number of anilines is 1. The van der Waals surface area contributed by atoms with Crippen molar-refractivity contribution >= 4 is 41.5 Å². The second-order valence-corrected chi connectivity index (χ2v) is 6.69. The zero-order valence-electron chi connectivity index (χ0n) is 17.8.